The fourth-order valence-electron chi connectivity index (χ4n) is 2.50. The number of carbonyl (C=O) groups is 1. The van der Waals surface area contributed by atoms with Gasteiger partial charge < -0.3 is 5.32 Å². The Morgan fingerprint density at radius 2 is 1.83 bits per heavy atom. The van der Waals surface area contributed by atoms with E-state index in [-0.39, 0.29) is 5.91 Å². The molecule has 0 atom stereocenters. The summed E-state index contributed by atoms with van der Waals surface area (Å²) in [7, 11) is 0. The van der Waals surface area contributed by atoms with Gasteiger partial charge in [0.05, 0.1) is 5.69 Å². The van der Waals surface area contributed by atoms with Crippen molar-refractivity contribution in [1.82, 2.24) is 14.7 Å². The van der Waals surface area contributed by atoms with Crippen LogP contribution in [0.3, 0.4) is 0 Å². The number of hydrogen-bond donors (Lipinski definition) is 1. The number of rotatable bonds is 3. The lowest BCUT2D eigenvalue weighted by Gasteiger charge is -2.02. The Labute approximate surface area is 135 Å². The summed E-state index contributed by atoms with van der Waals surface area (Å²) in [5.74, 6) is -0.165. The first-order valence-electron chi connectivity index (χ1n) is 7.54. The van der Waals surface area contributed by atoms with Crippen molar-refractivity contribution >= 4 is 17.6 Å². The molecular formula is C19H19N3O. The van der Waals surface area contributed by atoms with E-state index in [1.807, 2.05) is 73.8 Å². The molecule has 2 heterocycles. The third kappa shape index (κ3) is 3.16. The molecule has 1 aromatic carbocycles. The summed E-state index contributed by atoms with van der Waals surface area (Å²) in [5.41, 5.74) is 5.44. The van der Waals surface area contributed by atoms with Crippen LogP contribution in [0.5, 0.6) is 0 Å². The molecule has 0 aliphatic heterocycles. The summed E-state index contributed by atoms with van der Waals surface area (Å²) in [4.78, 5) is 16.9. The quantitative estimate of drug-likeness (QED) is 0.802. The van der Waals surface area contributed by atoms with Crippen molar-refractivity contribution in [3.8, 4) is 0 Å². The molecule has 0 saturated heterocycles. The number of aryl methyl sites for hydroxylation is 3. The summed E-state index contributed by atoms with van der Waals surface area (Å²) in [6, 6.07) is 12.0. The molecule has 0 radical (unpaired) electrons. The number of amides is 1. The molecule has 1 N–H and O–H groups in total. The zero-order valence-corrected chi connectivity index (χ0v) is 13.5. The number of benzene rings is 1. The maximum atomic E-state index is 12.4. The molecule has 0 aliphatic rings. The summed E-state index contributed by atoms with van der Waals surface area (Å²) >= 11 is 0. The van der Waals surface area contributed by atoms with E-state index in [0.29, 0.717) is 5.69 Å². The number of nitrogens with zero attached hydrogens (tertiary/aromatic N) is 2. The summed E-state index contributed by atoms with van der Waals surface area (Å²) in [6.45, 7) is 5.90. The molecule has 0 unspecified atom stereocenters. The van der Waals surface area contributed by atoms with Crippen molar-refractivity contribution < 1.29 is 4.79 Å². The number of aromatic nitrogens is 2. The first-order valence-corrected chi connectivity index (χ1v) is 7.54. The van der Waals surface area contributed by atoms with Crippen molar-refractivity contribution in [1.29, 1.82) is 0 Å². The zero-order valence-electron chi connectivity index (χ0n) is 13.5. The summed E-state index contributed by atoms with van der Waals surface area (Å²) in [5, 5.41) is 2.82. The van der Waals surface area contributed by atoms with E-state index in [1.165, 1.54) is 5.56 Å². The zero-order chi connectivity index (χ0) is 16.4. The van der Waals surface area contributed by atoms with Gasteiger partial charge in [0, 0.05) is 12.4 Å². The Balaban J connectivity index is 1.81. The third-order valence-corrected chi connectivity index (χ3v) is 3.74. The third-order valence-electron chi connectivity index (χ3n) is 3.74. The second kappa shape index (κ2) is 6.08. The number of imidazole rings is 1. The van der Waals surface area contributed by atoms with Gasteiger partial charge >= 0.3 is 0 Å². The standard InChI is InChI=1S/C19H19N3O/c1-13-4-6-16(7-5-13)8-10-20-19(23)18-15(3)21-17-12-14(2)9-11-22(17)18/h4-12H,1-3H3,(H,20,23)/b10-8+. The predicted molar refractivity (Wildman–Crippen MR) is 92.3 cm³/mol. The topological polar surface area (TPSA) is 46.4 Å². The lowest BCUT2D eigenvalue weighted by Crippen LogP contribution is -2.20. The van der Waals surface area contributed by atoms with Crippen LogP contribution in [-0.4, -0.2) is 15.3 Å². The van der Waals surface area contributed by atoms with Crippen LogP contribution in [0.2, 0.25) is 0 Å². The molecule has 2 aromatic heterocycles. The molecule has 4 heteroatoms. The number of pyridine rings is 1. The number of nitrogens with one attached hydrogen (secondary N) is 1. The first-order chi connectivity index (χ1) is 11.0. The largest absolute Gasteiger partial charge is 0.327 e. The van der Waals surface area contributed by atoms with Gasteiger partial charge in [0.2, 0.25) is 0 Å². The van der Waals surface area contributed by atoms with Crippen molar-refractivity contribution in [3.05, 3.63) is 76.9 Å². The number of hydrogen-bond acceptors (Lipinski definition) is 2. The van der Waals surface area contributed by atoms with Crippen LogP contribution in [0.1, 0.15) is 32.9 Å². The minimum Gasteiger partial charge on any atom is -0.327 e. The second-order valence-corrected chi connectivity index (χ2v) is 5.70. The van der Waals surface area contributed by atoms with E-state index < -0.39 is 0 Å². The van der Waals surface area contributed by atoms with E-state index in [4.69, 9.17) is 0 Å². The fraction of sp³-hybridized carbons (Fsp3) is 0.158. The molecular weight excluding hydrogens is 286 g/mol. The molecule has 0 aliphatic carbocycles. The highest BCUT2D eigenvalue weighted by atomic mass is 16.1. The van der Waals surface area contributed by atoms with Crippen LogP contribution in [0.25, 0.3) is 11.7 Å². The Morgan fingerprint density at radius 1 is 1.09 bits per heavy atom. The average molecular weight is 305 g/mol. The predicted octanol–water partition coefficient (Wildman–Crippen LogP) is 3.66. The molecule has 4 nitrogen and oxygen atoms in total. The van der Waals surface area contributed by atoms with Gasteiger partial charge in [-0.05, 0) is 50.1 Å². The van der Waals surface area contributed by atoms with Crippen LogP contribution in [-0.2, 0) is 0 Å². The molecule has 0 spiro atoms. The average Bonchev–Trinajstić information content (AvgIpc) is 2.84. The molecule has 23 heavy (non-hydrogen) atoms. The van der Waals surface area contributed by atoms with Gasteiger partial charge in [0.15, 0.2) is 0 Å². The highest BCUT2D eigenvalue weighted by Gasteiger charge is 2.15. The molecule has 1 amide bonds. The smallest absolute Gasteiger partial charge is 0.274 e. The van der Waals surface area contributed by atoms with Crippen molar-refractivity contribution in [2.75, 3.05) is 0 Å². The molecule has 0 bridgehead atoms. The van der Waals surface area contributed by atoms with E-state index in [0.717, 1.165) is 22.5 Å². The van der Waals surface area contributed by atoms with Gasteiger partial charge in [0.25, 0.3) is 5.91 Å². The molecule has 3 aromatic rings. The van der Waals surface area contributed by atoms with Crippen LogP contribution in [0.4, 0.5) is 0 Å². The van der Waals surface area contributed by atoms with Gasteiger partial charge in [-0.1, -0.05) is 29.8 Å². The SMILES string of the molecule is Cc1ccc(/C=C/NC(=O)c2c(C)nc3cc(C)ccn23)cc1. The minimum absolute atomic E-state index is 0.165. The van der Waals surface area contributed by atoms with Gasteiger partial charge in [-0.3, -0.25) is 9.20 Å². The highest BCUT2D eigenvalue weighted by Crippen LogP contribution is 2.13. The summed E-state index contributed by atoms with van der Waals surface area (Å²) in [6.07, 6.45) is 5.42. The number of carbonyl (C=O) groups excluding carboxylic acids is 1. The van der Waals surface area contributed by atoms with Gasteiger partial charge in [-0.25, -0.2) is 4.98 Å². The first kappa shape index (κ1) is 15.0. The Bertz CT molecular complexity index is 889. The maximum Gasteiger partial charge on any atom is 0.274 e. The van der Waals surface area contributed by atoms with Gasteiger partial charge in [-0.15, -0.1) is 0 Å². The summed E-state index contributed by atoms with van der Waals surface area (Å²) < 4.78 is 1.82. The van der Waals surface area contributed by atoms with Crippen molar-refractivity contribution in [2.24, 2.45) is 0 Å². The van der Waals surface area contributed by atoms with Gasteiger partial charge in [-0.2, -0.15) is 0 Å². The lowest BCUT2D eigenvalue weighted by atomic mass is 10.1. The molecule has 0 saturated carbocycles. The maximum absolute atomic E-state index is 12.4. The van der Waals surface area contributed by atoms with Gasteiger partial charge in [0.1, 0.15) is 11.3 Å². The normalized spacial score (nSPS) is 11.3. The molecule has 3 rings (SSSR count). The van der Waals surface area contributed by atoms with Crippen LogP contribution in [0.15, 0.2) is 48.8 Å². The van der Waals surface area contributed by atoms with E-state index in [1.54, 1.807) is 6.20 Å². The monoisotopic (exact) mass is 305 g/mol. The van der Waals surface area contributed by atoms with Crippen molar-refractivity contribution in [2.45, 2.75) is 20.8 Å². The highest BCUT2D eigenvalue weighted by molar-refractivity contribution is 5.95. The molecule has 0 fully saturated rings. The number of fused-ring (bicyclic) bond motifs is 1. The Hall–Kier alpha value is -2.88. The Morgan fingerprint density at radius 3 is 2.57 bits per heavy atom. The van der Waals surface area contributed by atoms with E-state index >= 15 is 0 Å². The van der Waals surface area contributed by atoms with Crippen LogP contribution < -0.4 is 5.32 Å². The van der Waals surface area contributed by atoms with Crippen LogP contribution >= 0.6 is 0 Å². The van der Waals surface area contributed by atoms with Crippen LogP contribution in [0, 0.1) is 20.8 Å². The Kier molecular flexibility index (Phi) is 3.98. The van der Waals surface area contributed by atoms with E-state index in [2.05, 4.69) is 10.3 Å². The minimum atomic E-state index is -0.165. The molecule has 116 valence electrons. The van der Waals surface area contributed by atoms with E-state index in [9.17, 15) is 4.79 Å². The second-order valence-electron chi connectivity index (χ2n) is 5.70. The lowest BCUT2D eigenvalue weighted by molar-refractivity contribution is 0.0964. The fourth-order valence-corrected chi connectivity index (χ4v) is 2.50. The van der Waals surface area contributed by atoms with Crippen molar-refractivity contribution in [3.63, 3.8) is 0 Å².